The van der Waals surface area contributed by atoms with Crippen LogP contribution in [0.4, 0.5) is 4.79 Å². The van der Waals surface area contributed by atoms with Crippen molar-refractivity contribution in [2.24, 2.45) is 0 Å². The number of aliphatic carboxylic acids is 1. The van der Waals surface area contributed by atoms with Crippen LogP contribution in [0.3, 0.4) is 0 Å². The van der Waals surface area contributed by atoms with E-state index in [4.69, 9.17) is 5.11 Å². The molecule has 0 bridgehead atoms. The number of thioether (sulfide) groups is 1. The van der Waals surface area contributed by atoms with Gasteiger partial charge in [-0.3, -0.25) is 9.69 Å². The maximum Gasteiger partial charge on any atom is 0.317 e. The second-order valence-corrected chi connectivity index (χ2v) is 6.30. The summed E-state index contributed by atoms with van der Waals surface area (Å²) in [6.45, 7) is 7.52. The zero-order valence-corrected chi connectivity index (χ0v) is 13.1. The van der Waals surface area contributed by atoms with Gasteiger partial charge in [-0.2, -0.15) is 11.8 Å². The summed E-state index contributed by atoms with van der Waals surface area (Å²) in [4.78, 5) is 26.5. The molecule has 7 heteroatoms. The molecule has 0 saturated carbocycles. The van der Waals surface area contributed by atoms with Gasteiger partial charge in [0.25, 0.3) is 0 Å². The van der Waals surface area contributed by atoms with E-state index in [0.717, 1.165) is 24.6 Å². The second kappa shape index (κ2) is 9.07. The molecule has 1 unspecified atom stereocenters. The third-order valence-corrected chi connectivity index (χ3v) is 4.39. The van der Waals surface area contributed by atoms with E-state index in [1.807, 2.05) is 23.6 Å². The number of hydrogen-bond acceptors (Lipinski definition) is 4. The summed E-state index contributed by atoms with van der Waals surface area (Å²) in [6, 6.07) is 0.171. The topological polar surface area (TPSA) is 72.9 Å². The van der Waals surface area contributed by atoms with E-state index in [-0.39, 0.29) is 18.5 Å². The number of carbonyl (C=O) groups is 2. The van der Waals surface area contributed by atoms with Crippen LogP contribution in [0.1, 0.15) is 20.3 Å². The van der Waals surface area contributed by atoms with Gasteiger partial charge in [-0.05, 0) is 12.7 Å². The van der Waals surface area contributed by atoms with Crippen molar-refractivity contribution in [3.05, 3.63) is 0 Å². The summed E-state index contributed by atoms with van der Waals surface area (Å²) in [7, 11) is 0. The van der Waals surface area contributed by atoms with Crippen LogP contribution in [0.2, 0.25) is 0 Å². The summed E-state index contributed by atoms with van der Waals surface area (Å²) < 4.78 is 0. The molecule has 0 aromatic heterocycles. The van der Waals surface area contributed by atoms with Gasteiger partial charge < -0.3 is 15.3 Å². The highest BCUT2D eigenvalue weighted by Crippen LogP contribution is 2.05. The molecule has 0 radical (unpaired) electrons. The first-order valence-corrected chi connectivity index (χ1v) is 8.25. The Kier molecular flexibility index (Phi) is 7.76. The standard InChI is InChI=1S/C13H25N3O3S/c1-3-20-10-11(2)14-13(19)16-8-6-15(7-9-16)5-4-12(17)18/h11H,3-10H2,1-2H3,(H,14,19)(H,17,18). The van der Waals surface area contributed by atoms with Crippen molar-refractivity contribution in [1.29, 1.82) is 0 Å². The number of nitrogens with one attached hydrogen (secondary N) is 1. The van der Waals surface area contributed by atoms with Gasteiger partial charge in [0.15, 0.2) is 0 Å². The molecule has 0 aliphatic carbocycles. The minimum absolute atomic E-state index is 0.00733. The van der Waals surface area contributed by atoms with Gasteiger partial charge in [-0.1, -0.05) is 6.92 Å². The van der Waals surface area contributed by atoms with Crippen LogP contribution in [0.5, 0.6) is 0 Å². The molecular weight excluding hydrogens is 278 g/mol. The number of hydrogen-bond donors (Lipinski definition) is 2. The molecule has 116 valence electrons. The lowest BCUT2D eigenvalue weighted by atomic mass is 10.3. The zero-order chi connectivity index (χ0) is 15.0. The zero-order valence-electron chi connectivity index (χ0n) is 12.3. The van der Waals surface area contributed by atoms with E-state index < -0.39 is 5.97 Å². The Morgan fingerprint density at radius 1 is 1.30 bits per heavy atom. The first-order chi connectivity index (χ1) is 9.52. The molecule has 0 aromatic rings. The number of amides is 2. The van der Waals surface area contributed by atoms with Crippen molar-refractivity contribution in [3.63, 3.8) is 0 Å². The number of urea groups is 1. The normalized spacial score (nSPS) is 17.8. The van der Waals surface area contributed by atoms with Crippen LogP contribution in [0.25, 0.3) is 0 Å². The Morgan fingerprint density at radius 3 is 2.50 bits per heavy atom. The van der Waals surface area contributed by atoms with Crippen LogP contribution in [-0.2, 0) is 4.79 Å². The van der Waals surface area contributed by atoms with Crippen LogP contribution >= 0.6 is 11.8 Å². The fraction of sp³-hybridized carbons (Fsp3) is 0.846. The Bertz CT molecular complexity index is 320. The van der Waals surface area contributed by atoms with Crippen LogP contribution < -0.4 is 5.32 Å². The van der Waals surface area contributed by atoms with Crippen LogP contribution in [0, 0.1) is 0 Å². The second-order valence-electron chi connectivity index (χ2n) is 4.98. The van der Waals surface area contributed by atoms with Gasteiger partial charge in [-0.15, -0.1) is 0 Å². The van der Waals surface area contributed by atoms with E-state index in [2.05, 4.69) is 17.1 Å². The fourth-order valence-corrected chi connectivity index (χ4v) is 2.74. The fourth-order valence-electron chi connectivity index (χ4n) is 2.07. The van der Waals surface area contributed by atoms with Crippen molar-refractivity contribution >= 4 is 23.8 Å². The van der Waals surface area contributed by atoms with Gasteiger partial charge in [0.1, 0.15) is 0 Å². The lowest BCUT2D eigenvalue weighted by Crippen LogP contribution is -2.53. The van der Waals surface area contributed by atoms with Gasteiger partial charge in [0.05, 0.1) is 6.42 Å². The van der Waals surface area contributed by atoms with Gasteiger partial charge in [0.2, 0.25) is 0 Å². The minimum Gasteiger partial charge on any atom is -0.481 e. The van der Waals surface area contributed by atoms with E-state index in [1.54, 1.807) is 0 Å². The number of carbonyl (C=O) groups excluding carboxylic acids is 1. The molecule has 0 spiro atoms. The average molecular weight is 303 g/mol. The molecule has 2 amide bonds. The lowest BCUT2D eigenvalue weighted by Gasteiger charge is -2.35. The number of piperazine rings is 1. The summed E-state index contributed by atoms with van der Waals surface area (Å²) in [6.07, 6.45) is 0.164. The third-order valence-electron chi connectivity index (χ3n) is 3.24. The quantitative estimate of drug-likeness (QED) is 0.732. The maximum atomic E-state index is 12.0. The SMILES string of the molecule is CCSCC(C)NC(=O)N1CCN(CCC(=O)O)CC1. The molecule has 20 heavy (non-hydrogen) atoms. The predicted octanol–water partition coefficient (Wildman–Crippen LogP) is 0.930. The smallest absolute Gasteiger partial charge is 0.317 e. The van der Waals surface area contributed by atoms with Crippen molar-refractivity contribution in [1.82, 2.24) is 15.1 Å². The molecule has 1 rings (SSSR count). The molecule has 1 aliphatic rings. The summed E-state index contributed by atoms with van der Waals surface area (Å²) in [5.41, 5.74) is 0. The maximum absolute atomic E-state index is 12.0. The van der Waals surface area contributed by atoms with Crippen LogP contribution in [0.15, 0.2) is 0 Å². The predicted molar refractivity (Wildman–Crippen MR) is 81.3 cm³/mol. The minimum atomic E-state index is -0.771. The van der Waals surface area contributed by atoms with Crippen LogP contribution in [-0.4, -0.2) is 77.2 Å². The molecule has 6 nitrogen and oxygen atoms in total. The highest BCUT2D eigenvalue weighted by molar-refractivity contribution is 7.99. The molecule has 1 fully saturated rings. The Morgan fingerprint density at radius 2 is 1.95 bits per heavy atom. The number of rotatable bonds is 7. The summed E-state index contributed by atoms with van der Waals surface area (Å²) in [5.74, 6) is 1.22. The monoisotopic (exact) mass is 303 g/mol. The van der Waals surface area contributed by atoms with Crippen molar-refractivity contribution in [3.8, 4) is 0 Å². The molecule has 1 saturated heterocycles. The van der Waals surface area contributed by atoms with Gasteiger partial charge in [-0.25, -0.2) is 4.79 Å². The molecule has 1 aliphatic heterocycles. The Balaban J connectivity index is 2.23. The Labute approximate surface area is 124 Å². The molecule has 2 N–H and O–H groups in total. The van der Waals surface area contributed by atoms with Crippen molar-refractivity contribution in [2.45, 2.75) is 26.3 Å². The largest absolute Gasteiger partial charge is 0.481 e. The number of nitrogens with zero attached hydrogens (tertiary/aromatic N) is 2. The first-order valence-electron chi connectivity index (χ1n) is 7.10. The first kappa shape index (κ1) is 17.1. The average Bonchev–Trinajstić information content (AvgIpc) is 2.43. The van der Waals surface area contributed by atoms with E-state index >= 15 is 0 Å². The Hall–Kier alpha value is -0.950. The van der Waals surface area contributed by atoms with Crippen molar-refractivity contribution in [2.75, 3.05) is 44.2 Å². The lowest BCUT2D eigenvalue weighted by molar-refractivity contribution is -0.137. The van der Waals surface area contributed by atoms with E-state index in [1.165, 1.54) is 0 Å². The number of carboxylic acid groups (broad SMARTS) is 1. The molecule has 0 aromatic carbocycles. The number of carboxylic acids is 1. The van der Waals surface area contributed by atoms with E-state index in [0.29, 0.717) is 19.6 Å². The summed E-state index contributed by atoms with van der Waals surface area (Å²) >= 11 is 1.82. The molecule has 1 heterocycles. The van der Waals surface area contributed by atoms with Crippen molar-refractivity contribution < 1.29 is 14.7 Å². The highest BCUT2D eigenvalue weighted by atomic mass is 32.2. The highest BCUT2D eigenvalue weighted by Gasteiger charge is 2.22. The van der Waals surface area contributed by atoms with E-state index in [9.17, 15) is 9.59 Å². The van der Waals surface area contributed by atoms with Gasteiger partial charge in [0, 0.05) is 44.5 Å². The molecule has 1 atom stereocenters. The summed E-state index contributed by atoms with van der Waals surface area (Å²) in [5, 5.41) is 11.7. The third kappa shape index (κ3) is 6.47. The molecular formula is C13H25N3O3S. The van der Waals surface area contributed by atoms with Gasteiger partial charge >= 0.3 is 12.0 Å².